The second-order valence-corrected chi connectivity index (χ2v) is 5.96. The largest absolute Gasteiger partial charge is 0.386 e. The first-order chi connectivity index (χ1) is 8.02. The Hall–Kier alpha value is -0.610. The molecule has 4 nitrogen and oxygen atoms in total. The number of hydrogen-bond donors (Lipinski definition) is 2. The lowest BCUT2D eigenvalue weighted by Gasteiger charge is -2.49. The maximum Gasteiger partial charge on any atom is 0.223 e. The van der Waals surface area contributed by atoms with Gasteiger partial charge in [-0.1, -0.05) is 19.8 Å². The fraction of sp³-hybridized carbons (Fsp3) is 0.923. The second kappa shape index (κ2) is 4.58. The predicted octanol–water partition coefficient (Wildman–Crippen LogP) is 0.879. The quantitative estimate of drug-likeness (QED) is 0.749. The third-order valence-electron chi connectivity index (χ3n) is 4.41. The van der Waals surface area contributed by atoms with E-state index < -0.39 is 5.60 Å². The summed E-state index contributed by atoms with van der Waals surface area (Å²) < 4.78 is 0. The summed E-state index contributed by atoms with van der Waals surface area (Å²) in [6, 6.07) is 0. The van der Waals surface area contributed by atoms with E-state index in [1.807, 2.05) is 0 Å². The lowest BCUT2D eigenvalue weighted by molar-refractivity contribution is -0.160. The van der Waals surface area contributed by atoms with E-state index in [0.29, 0.717) is 26.1 Å². The van der Waals surface area contributed by atoms with Gasteiger partial charge in [-0.15, -0.1) is 0 Å². The van der Waals surface area contributed by atoms with Gasteiger partial charge in [0.1, 0.15) is 0 Å². The van der Waals surface area contributed by atoms with Gasteiger partial charge in [-0.3, -0.25) is 4.79 Å². The zero-order valence-corrected chi connectivity index (χ0v) is 10.7. The number of hydrogen-bond acceptors (Lipinski definition) is 3. The summed E-state index contributed by atoms with van der Waals surface area (Å²) in [4.78, 5) is 13.8. The summed E-state index contributed by atoms with van der Waals surface area (Å²) in [7, 11) is 0. The number of carbonyl (C=O) groups is 1. The van der Waals surface area contributed by atoms with E-state index in [2.05, 4.69) is 6.92 Å². The van der Waals surface area contributed by atoms with E-state index in [4.69, 9.17) is 5.73 Å². The van der Waals surface area contributed by atoms with Crippen LogP contribution in [0.4, 0.5) is 0 Å². The van der Waals surface area contributed by atoms with E-state index in [1.165, 1.54) is 6.42 Å². The van der Waals surface area contributed by atoms with Gasteiger partial charge in [0.2, 0.25) is 5.91 Å². The Morgan fingerprint density at radius 3 is 2.47 bits per heavy atom. The van der Waals surface area contributed by atoms with Gasteiger partial charge in [-0.2, -0.15) is 0 Å². The molecule has 0 aromatic carbocycles. The molecule has 0 aromatic rings. The average molecular weight is 240 g/mol. The normalized spacial score (nSPS) is 25.0. The van der Waals surface area contributed by atoms with Crippen molar-refractivity contribution in [2.24, 2.45) is 11.1 Å². The summed E-state index contributed by atoms with van der Waals surface area (Å²) in [5, 5.41) is 10.0. The molecule has 0 spiro atoms. The monoisotopic (exact) mass is 240 g/mol. The highest BCUT2D eigenvalue weighted by atomic mass is 16.3. The smallest absolute Gasteiger partial charge is 0.223 e. The lowest BCUT2D eigenvalue weighted by atomic mass is 9.66. The van der Waals surface area contributed by atoms with Crippen LogP contribution < -0.4 is 5.73 Å². The van der Waals surface area contributed by atoms with Crippen LogP contribution in [0.5, 0.6) is 0 Å². The molecule has 2 fully saturated rings. The molecule has 4 heteroatoms. The number of aliphatic hydroxyl groups is 1. The minimum Gasteiger partial charge on any atom is -0.386 e. The maximum absolute atomic E-state index is 12.0. The topological polar surface area (TPSA) is 66.6 Å². The van der Waals surface area contributed by atoms with E-state index in [9.17, 15) is 9.90 Å². The highest BCUT2D eigenvalue weighted by molar-refractivity contribution is 5.78. The Labute approximate surface area is 103 Å². The van der Waals surface area contributed by atoms with Crippen LogP contribution in [0.3, 0.4) is 0 Å². The number of likely N-dealkylation sites (tertiary alicyclic amines) is 1. The zero-order valence-electron chi connectivity index (χ0n) is 10.7. The first kappa shape index (κ1) is 12.8. The van der Waals surface area contributed by atoms with Gasteiger partial charge in [0.25, 0.3) is 0 Å². The number of β-amino-alcohol motifs (C(OH)–C–C–N with tert-alkyl or cyclic N) is 1. The maximum atomic E-state index is 12.0. The Morgan fingerprint density at radius 1 is 1.41 bits per heavy atom. The lowest BCUT2D eigenvalue weighted by Crippen LogP contribution is -2.64. The molecule has 1 saturated carbocycles. The molecule has 2 rings (SSSR count). The van der Waals surface area contributed by atoms with Gasteiger partial charge in [0.05, 0.1) is 18.7 Å². The number of nitrogens with zero attached hydrogens (tertiary/aromatic N) is 1. The first-order valence-corrected chi connectivity index (χ1v) is 6.73. The molecule has 1 aliphatic carbocycles. The van der Waals surface area contributed by atoms with Crippen LogP contribution >= 0.6 is 0 Å². The molecule has 3 N–H and O–H groups in total. The minimum absolute atomic E-state index is 0.0789. The summed E-state index contributed by atoms with van der Waals surface area (Å²) in [5.74, 6) is 0.177. The van der Waals surface area contributed by atoms with Crippen molar-refractivity contribution in [1.82, 2.24) is 4.90 Å². The van der Waals surface area contributed by atoms with E-state index in [0.717, 1.165) is 25.7 Å². The van der Waals surface area contributed by atoms with Crippen molar-refractivity contribution < 1.29 is 9.90 Å². The molecule has 0 bridgehead atoms. The third-order valence-corrected chi connectivity index (χ3v) is 4.41. The van der Waals surface area contributed by atoms with Crippen LogP contribution in [-0.4, -0.2) is 41.1 Å². The Morgan fingerprint density at radius 2 is 2.06 bits per heavy atom. The van der Waals surface area contributed by atoms with Crippen LogP contribution in [0.25, 0.3) is 0 Å². The molecule has 0 radical (unpaired) electrons. The van der Waals surface area contributed by atoms with E-state index in [-0.39, 0.29) is 11.3 Å². The van der Waals surface area contributed by atoms with Gasteiger partial charge in [-0.25, -0.2) is 0 Å². The summed E-state index contributed by atoms with van der Waals surface area (Å²) in [6.45, 7) is 3.70. The van der Waals surface area contributed by atoms with Gasteiger partial charge >= 0.3 is 0 Å². The highest BCUT2D eigenvalue weighted by Gasteiger charge is 2.45. The predicted molar refractivity (Wildman–Crippen MR) is 66.4 cm³/mol. The Balaban J connectivity index is 1.79. The second-order valence-electron chi connectivity index (χ2n) is 5.96. The van der Waals surface area contributed by atoms with Crippen molar-refractivity contribution >= 4 is 5.91 Å². The molecular formula is C13H24N2O2. The first-order valence-electron chi connectivity index (χ1n) is 6.73. The van der Waals surface area contributed by atoms with Crippen molar-refractivity contribution in [2.45, 2.75) is 51.0 Å². The SMILES string of the molecule is CCCC1(O)CN(C(=O)CC2(CN)CCC2)C1. The molecule has 0 unspecified atom stereocenters. The van der Waals surface area contributed by atoms with Crippen LogP contribution in [0.1, 0.15) is 45.4 Å². The van der Waals surface area contributed by atoms with Gasteiger partial charge < -0.3 is 15.7 Å². The van der Waals surface area contributed by atoms with Crippen molar-refractivity contribution in [2.75, 3.05) is 19.6 Å². The van der Waals surface area contributed by atoms with Crippen molar-refractivity contribution in [1.29, 1.82) is 0 Å². The molecule has 2 aliphatic rings. The molecule has 0 aromatic heterocycles. The molecule has 1 aliphatic heterocycles. The molecule has 0 atom stereocenters. The number of nitrogens with two attached hydrogens (primary N) is 1. The van der Waals surface area contributed by atoms with Gasteiger partial charge in [0.15, 0.2) is 0 Å². The minimum atomic E-state index is -0.611. The fourth-order valence-electron chi connectivity index (χ4n) is 3.03. The molecule has 1 saturated heterocycles. The summed E-state index contributed by atoms with van der Waals surface area (Å²) in [5.41, 5.74) is 5.23. The zero-order chi connectivity index (χ0) is 12.5. The molecule has 1 heterocycles. The van der Waals surface area contributed by atoms with Crippen LogP contribution in [0.15, 0.2) is 0 Å². The Kier molecular flexibility index (Phi) is 3.46. The molecular weight excluding hydrogens is 216 g/mol. The highest BCUT2D eigenvalue weighted by Crippen LogP contribution is 2.43. The number of amides is 1. The van der Waals surface area contributed by atoms with Gasteiger partial charge in [0, 0.05) is 6.42 Å². The number of carbonyl (C=O) groups excluding carboxylic acids is 1. The van der Waals surface area contributed by atoms with Crippen molar-refractivity contribution in [3.8, 4) is 0 Å². The average Bonchev–Trinajstić information content (AvgIpc) is 2.20. The molecule has 17 heavy (non-hydrogen) atoms. The summed E-state index contributed by atoms with van der Waals surface area (Å²) >= 11 is 0. The van der Waals surface area contributed by atoms with Crippen LogP contribution in [-0.2, 0) is 4.79 Å². The van der Waals surface area contributed by atoms with Crippen LogP contribution in [0.2, 0.25) is 0 Å². The molecule has 98 valence electrons. The Bertz CT molecular complexity index is 288. The van der Waals surface area contributed by atoms with Crippen LogP contribution in [0, 0.1) is 5.41 Å². The van der Waals surface area contributed by atoms with Crippen molar-refractivity contribution in [3.63, 3.8) is 0 Å². The van der Waals surface area contributed by atoms with E-state index >= 15 is 0 Å². The summed E-state index contributed by atoms with van der Waals surface area (Å²) in [6.07, 6.45) is 5.70. The van der Waals surface area contributed by atoms with Crippen molar-refractivity contribution in [3.05, 3.63) is 0 Å². The van der Waals surface area contributed by atoms with E-state index in [1.54, 1.807) is 4.90 Å². The number of rotatable bonds is 5. The molecule has 1 amide bonds. The third kappa shape index (κ3) is 2.47. The van der Waals surface area contributed by atoms with Gasteiger partial charge in [-0.05, 0) is 31.2 Å². The standard InChI is InChI=1S/C13H24N2O2/c1-2-4-13(17)9-15(10-13)11(16)7-12(8-14)5-3-6-12/h17H,2-10,14H2,1H3. The fourth-order valence-corrected chi connectivity index (χ4v) is 3.03.